The van der Waals surface area contributed by atoms with Crippen molar-refractivity contribution in [3.8, 4) is 0 Å². The van der Waals surface area contributed by atoms with Crippen molar-refractivity contribution >= 4 is 21.4 Å². The summed E-state index contributed by atoms with van der Waals surface area (Å²) in [4.78, 5) is 0.198. The SMILES string of the molecule is CCNCCn1cc(S(=O)(=O)NCc2ccsc2)cn1. The first-order valence-electron chi connectivity index (χ1n) is 6.35. The standard InChI is InChI=1S/C12H18N4O2S2/c1-2-13-4-5-16-9-12(8-14-16)20(17,18)15-7-11-3-6-19-10-11/h3,6,8-10,13,15H,2,4-5,7H2,1H3. The van der Waals surface area contributed by atoms with Gasteiger partial charge in [0.1, 0.15) is 4.90 Å². The molecule has 0 aliphatic heterocycles. The van der Waals surface area contributed by atoms with Gasteiger partial charge >= 0.3 is 0 Å². The van der Waals surface area contributed by atoms with Crippen LogP contribution in [0, 0.1) is 0 Å². The first-order chi connectivity index (χ1) is 9.62. The van der Waals surface area contributed by atoms with Crippen LogP contribution in [0.5, 0.6) is 0 Å². The van der Waals surface area contributed by atoms with E-state index in [9.17, 15) is 8.42 Å². The van der Waals surface area contributed by atoms with Crippen LogP contribution in [0.3, 0.4) is 0 Å². The summed E-state index contributed by atoms with van der Waals surface area (Å²) in [5.74, 6) is 0. The Kier molecular flexibility index (Phi) is 5.30. The summed E-state index contributed by atoms with van der Waals surface area (Å²) in [6.07, 6.45) is 2.93. The van der Waals surface area contributed by atoms with Gasteiger partial charge in [0.05, 0.1) is 12.7 Å². The van der Waals surface area contributed by atoms with Gasteiger partial charge in [-0.05, 0) is 28.9 Å². The van der Waals surface area contributed by atoms with Crippen molar-refractivity contribution < 1.29 is 8.42 Å². The zero-order valence-corrected chi connectivity index (χ0v) is 12.9. The van der Waals surface area contributed by atoms with Crippen LogP contribution in [0.1, 0.15) is 12.5 Å². The monoisotopic (exact) mass is 314 g/mol. The number of hydrogen-bond acceptors (Lipinski definition) is 5. The third-order valence-electron chi connectivity index (χ3n) is 2.73. The van der Waals surface area contributed by atoms with Crippen LogP contribution in [-0.2, 0) is 23.1 Å². The summed E-state index contributed by atoms with van der Waals surface area (Å²) in [6.45, 7) is 4.62. The third-order valence-corrected chi connectivity index (χ3v) is 4.82. The van der Waals surface area contributed by atoms with Crippen LogP contribution in [0.4, 0.5) is 0 Å². The van der Waals surface area contributed by atoms with Crippen molar-refractivity contribution in [3.05, 3.63) is 34.8 Å². The molecule has 0 saturated carbocycles. The van der Waals surface area contributed by atoms with Gasteiger partial charge in [-0.2, -0.15) is 16.4 Å². The molecule has 8 heteroatoms. The molecule has 0 bridgehead atoms. The average Bonchev–Trinajstić information content (AvgIpc) is 3.08. The van der Waals surface area contributed by atoms with E-state index in [1.165, 1.54) is 6.20 Å². The molecule has 110 valence electrons. The second-order valence-electron chi connectivity index (χ2n) is 4.25. The molecular formula is C12H18N4O2S2. The van der Waals surface area contributed by atoms with Crippen molar-refractivity contribution in [2.45, 2.75) is 24.9 Å². The molecule has 0 fully saturated rings. The van der Waals surface area contributed by atoms with Crippen LogP contribution in [-0.4, -0.2) is 31.3 Å². The summed E-state index contributed by atoms with van der Waals surface area (Å²) in [6, 6.07) is 1.90. The van der Waals surface area contributed by atoms with Gasteiger partial charge in [-0.1, -0.05) is 6.92 Å². The molecule has 6 nitrogen and oxygen atoms in total. The van der Waals surface area contributed by atoms with Crippen LogP contribution < -0.4 is 10.0 Å². The predicted octanol–water partition coefficient (Wildman–Crippen LogP) is 1.03. The Balaban J connectivity index is 1.95. The maximum atomic E-state index is 12.1. The van der Waals surface area contributed by atoms with Gasteiger partial charge in [0.15, 0.2) is 0 Å². The molecule has 2 aromatic heterocycles. The van der Waals surface area contributed by atoms with Gasteiger partial charge in [0.2, 0.25) is 10.0 Å². The molecular weight excluding hydrogens is 296 g/mol. The lowest BCUT2D eigenvalue weighted by Gasteiger charge is -2.03. The van der Waals surface area contributed by atoms with Crippen LogP contribution in [0.25, 0.3) is 0 Å². The molecule has 20 heavy (non-hydrogen) atoms. The second kappa shape index (κ2) is 6.98. The average molecular weight is 314 g/mol. The van der Waals surface area contributed by atoms with Crippen molar-refractivity contribution in [2.24, 2.45) is 0 Å². The zero-order chi connectivity index (χ0) is 14.4. The fourth-order valence-electron chi connectivity index (χ4n) is 1.63. The summed E-state index contributed by atoms with van der Waals surface area (Å²) < 4.78 is 28.4. The highest BCUT2D eigenvalue weighted by molar-refractivity contribution is 7.89. The van der Waals surface area contributed by atoms with E-state index in [2.05, 4.69) is 15.1 Å². The zero-order valence-electron chi connectivity index (χ0n) is 11.2. The van der Waals surface area contributed by atoms with Gasteiger partial charge in [0, 0.05) is 19.3 Å². The number of hydrogen-bond donors (Lipinski definition) is 2. The minimum atomic E-state index is -3.50. The highest BCUT2D eigenvalue weighted by Crippen LogP contribution is 2.10. The van der Waals surface area contributed by atoms with E-state index in [0.717, 1.165) is 18.7 Å². The summed E-state index contributed by atoms with van der Waals surface area (Å²) in [7, 11) is -3.50. The molecule has 0 aromatic carbocycles. The number of thiophene rings is 1. The molecule has 0 aliphatic carbocycles. The lowest BCUT2D eigenvalue weighted by Crippen LogP contribution is -2.22. The Labute approximate surface area is 122 Å². The van der Waals surface area contributed by atoms with E-state index in [0.29, 0.717) is 13.1 Å². The van der Waals surface area contributed by atoms with Crippen molar-refractivity contribution in [2.75, 3.05) is 13.1 Å². The number of nitrogens with one attached hydrogen (secondary N) is 2. The molecule has 0 radical (unpaired) electrons. The van der Waals surface area contributed by atoms with Crippen molar-refractivity contribution in [1.29, 1.82) is 0 Å². The largest absolute Gasteiger partial charge is 0.315 e. The smallest absolute Gasteiger partial charge is 0.243 e. The van der Waals surface area contributed by atoms with E-state index in [1.807, 2.05) is 23.8 Å². The Bertz CT molecular complexity index is 620. The quantitative estimate of drug-likeness (QED) is 0.714. The van der Waals surface area contributed by atoms with E-state index in [-0.39, 0.29) is 4.90 Å². The first-order valence-corrected chi connectivity index (χ1v) is 8.78. The lowest BCUT2D eigenvalue weighted by atomic mass is 10.4. The van der Waals surface area contributed by atoms with Crippen LogP contribution >= 0.6 is 11.3 Å². The third kappa shape index (κ3) is 4.14. The normalized spacial score (nSPS) is 11.8. The number of nitrogens with zero attached hydrogens (tertiary/aromatic N) is 2. The number of rotatable bonds is 8. The summed E-state index contributed by atoms with van der Waals surface area (Å²) in [5, 5.41) is 11.1. The molecule has 2 N–H and O–H groups in total. The van der Waals surface area contributed by atoms with E-state index >= 15 is 0 Å². The molecule has 0 amide bonds. The molecule has 2 heterocycles. The second-order valence-corrected chi connectivity index (χ2v) is 6.80. The molecule has 0 saturated heterocycles. The van der Waals surface area contributed by atoms with Crippen molar-refractivity contribution in [3.63, 3.8) is 0 Å². The molecule has 0 spiro atoms. The first kappa shape index (κ1) is 15.2. The van der Waals surface area contributed by atoms with Gasteiger partial charge < -0.3 is 5.32 Å². The summed E-state index contributed by atoms with van der Waals surface area (Å²) >= 11 is 1.54. The number of likely N-dealkylation sites (N-methyl/N-ethyl adjacent to an activating group) is 1. The van der Waals surface area contributed by atoms with E-state index in [1.54, 1.807) is 22.2 Å². The molecule has 0 atom stereocenters. The Morgan fingerprint density at radius 2 is 2.30 bits per heavy atom. The minimum absolute atomic E-state index is 0.198. The molecule has 2 aromatic rings. The van der Waals surface area contributed by atoms with Crippen molar-refractivity contribution in [1.82, 2.24) is 19.8 Å². The molecule has 2 rings (SSSR count). The van der Waals surface area contributed by atoms with Gasteiger partial charge in [-0.25, -0.2) is 13.1 Å². The van der Waals surface area contributed by atoms with E-state index in [4.69, 9.17) is 0 Å². The van der Waals surface area contributed by atoms with Crippen LogP contribution in [0.2, 0.25) is 0 Å². The maximum Gasteiger partial charge on any atom is 0.243 e. The number of sulfonamides is 1. The predicted molar refractivity (Wildman–Crippen MR) is 79.1 cm³/mol. The minimum Gasteiger partial charge on any atom is -0.315 e. The van der Waals surface area contributed by atoms with Gasteiger partial charge in [-0.15, -0.1) is 0 Å². The Morgan fingerprint density at radius 1 is 1.45 bits per heavy atom. The Hall–Kier alpha value is -1.22. The topological polar surface area (TPSA) is 76.0 Å². The lowest BCUT2D eigenvalue weighted by molar-refractivity contribution is 0.562. The molecule has 0 aliphatic rings. The maximum absolute atomic E-state index is 12.1. The van der Waals surface area contributed by atoms with E-state index < -0.39 is 10.0 Å². The van der Waals surface area contributed by atoms with Gasteiger partial charge in [-0.3, -0.25) is 4.68 Å². The van der Waals surface area contributed by atoms with Gasteiger partial charge in [0.25, 0.3) is 0 Å². The Morgan fingerprint density at radius 3 is 3.00 bits per heavy atom. The van der Waals surface area contributed by atoms with Crippen LogP contribution in [0.15, 0.2) is 34.1 Å². The highest BCUT2D eigenvalue weighted by Gasteiger charge is 2.16. The number of aromatic nitrogens is 2. The highest BCUT2D eigenvalue weighted by atomic mass is 32.2. The summed E-state index contributed by atoms with van der Waals surface area (Å²) in [5.41, 5.74) is 0.957. The fourth-order valence-corrected chi connectivity index (χ4v) is 3.27. The fraction of sp³-hybridized carbons (Fsp3) is 0.417. The molecule has 0 unspecified atom stereocenters.